The van der Waals surface area contributed by atoms with Gasteiger partial charge in [0.15, 0.2) is 0 Å². The second-order valence-corrected chi connectivity index (χ2v) is 3.06. The molecule has 0 bridgehead atoms. The molecule has 44 valence electrons. The molecular formula is C6H8IN. The summed E-state index contributed by atoms with van der Waals surface area (Å²) in [5.41, 5.74) is 1.33. The Balaban J connectivity index is 3.14. The molecule has 1 heterocycles. The topological polar surface area (TPSA) is 4.93 Å². The molecule has 0 aliphatic heterocycles. The van der Waals surface area contributed by atoms with Crippen LogP contribution in [0.15, 0.2) is 12.3 Å². The maximum absolute atomic E-state index is 2.31. The number of aryl methyl sites for hydroxylation is 2. The Morgan fingerprint density at radius 3 is 2.38 bits per heavy atom. The van der Waals surface area contributed by atoms with Gasteiger partial charge in [-0.15, -0.1) is 0 Å². The van der Waals surface area contributed by atoms with E-state index in [1.54, 1.807) is 0 Å². The predicted octanol–water partition coefficient (Wildman–Crippen LogP) is 1.94. The molecule has 0 radical (unpaired) electrons. The lowest BCUT2D eigenvalue weighted by atomic mass is 10.4. The van der Waals surface area contributed by atoms with Gasteiger partial charge in [-0.05, 0) is 41.1 Å². The van der Waals surface area contributed by atoms with Gasteiger partial charge < -0.3 is 4.57 Å². The van der Waals surface area contributed by atoms with Crippen molar-refractivity contribution in [1.29, 1.82) is 0 Å². The molecule has 8 heavy (non-hydrogen) atoms. The third kappa shape index (κ3) is 1.05. The molecule has 0 saturated heterocycles. The Kier molecular flexibility index (Phi) is 1.60. The highest BCUT2D eigenvalue weighted by molar-refractivity contribution is 14.1. The molecule has 0 fully saturated rings. The van der Waals surface area contributed by atoms with E-state index in [9.17, 15) is 0 Å². The summed E-state index contributed by atoms with van der Waals surface area (Å²) in [5.74, 6) is 0. The third-order valence-corrected chi connectivity index (χ3v) is 2.15. The van der Waals surface area contributed by atoms with E-state index in [0.29, 0.717) is 0 Å². The quantitative estimate of drug-likeness (QED) is 0.590. The lowest BCUT2D eigenvalue weighted by Crippen LogP contribution is -1.84. The van der Waals surface area contributed by atoms with Crippen molar-refractivity contribution in [2.75, 3.05) is 0 Å². The molecule has 0 amide bonds. The Morgan fingerprint density at radius 2 is 2.25 bits per heavy atom. The van der Waals surface area contributed by atoms with Crippen LogP contribution in [0, 0.1) is 10.6 Å². The first-order valence-corrected chi connectivity index (χ1v) is 3.56. The molecule has 1 rings (SSSR count). The van der Waals surface area contributed by atoms with E-state index < -0.39 is 0 Å². The molecule has 0 aromatic carbocycles. The zero-order chi connectivity index (χ0) is 6.15. The van der Waals surface area contributed by atoms with Crippen molar-refractivity contribution in [2.45, 2.75) is 6.92 Å². The van der Waals surface area contributed by atoms with Gasteiger partial charge in [-0.25, -0.2) is 0 Å². The Labute approximate surface area is 62.8 Å². The predicted molar refractivity (Wildman–Crippen MR) is 42.9 cm³/mol. The van der Waals surface area contributed by atoms with Gasteiger partial charge >= 0.3 is 0 Å². The van der Waals surface area contributed by atoms with Gasteiger partial charge in [-0.3, -0.25) is 0 Å². The molecule has 2 heteroatoms. The highest BCUT2D eigenvalue weighted by atomic mass is 127. The summed E-state index contributed by atoms with van der Waals surface area (Å²) in [7, 11) is 2.05. The van der Waals surface area contributed by atoms with Gasteiger partial charge in [0.2, 0.25) is 0 Å². The molecule has 0 aliphatic carbocycles. The average Bonchev–Trinajstić information content (AvgIpc) is 1.85. The van der Waals surface area contributed by atoms with E-state index in [2.05, 4.69) is 53.4 Å². The van der Waals surface area contributed by atoms with Crippen LogP contribution >= 0.6 is 22.6 Å². The monoisotopic (exact) mass is 221 g/mol. The number of hydrogen-bond donors (Lipinski definition) is 0. The number of aromatic nitrogens is 1. The largest absolute Gasteiger partial charge is 0.346 e. The van der Waals surface area contributed by atoms with Crippen molar-refractivity contribution >= 4 is 22.6 Å². The van der Waals surface area contributed by atoms with E-state index in [0.717, 1.165) is 0 Å². The normalized spacial score (nSPS) is 9.88. The number of hydrogen-bond acceptors (Lipinski definition) is 0. The summed E-state index contributed by atoms with van der Waals surface area (Å²) in [5, 5.41) is 0. The maximum Gasteiger partial charge on any atom is 0.0798 e. The molecule has 0 atom stereocenters. The summed E-state index contributed by atoms with van der Waals surface area (Å²) in [6.45, 7) is 2.10. The van der Waals surface area contributed by atoms with Crippen molar-refractivity contribution in [3.8, 4) is 0 Å². The third-order valence-electron chi connectivity index (χ3n) is 1.08. The minimum absolute atomic E-state index is 1.29. The van der Waals surface area contributed by atoms with Gasteiger partial charge in [0.1, 0.15) is 0 Å². The van der Waals surface area contributed by atoms with E-state index in [1.165, 1.54) is 9.26 Å². The molecule has 1 aromatic rings. The highest BCUT2D eigenvalue weighted by Crippen LogP contribution is 2.07. The van der Waals surface area contributed by atoms with Crippen molar-refractivity contribution in [1.82, 2.24) is 4.57 Å². The second-order valence-electron chi connectivity index (χ2n) is 1.95. The summed E-state index contributed by atoms with van der Waals surface area (Å²) in [6.07, 6.45) is 2.11. The average molecular weight is 221 g/mol. The standard InChI is InChI=1S/C6H8IN/c1-5-3-6(7)8(2)4-5/h3-4H,1-2H3. The lowest BCUT2D eigenvalue weighted by Gasteiger charge is -1.87. The zero-order valence-corrected chi connectivity index (χ0v) is 7.14. The molecule has 0 aliphatic rings. The Bertz CT molecular complexity index is 171. The van der Waals surface area contributed by atoms with E-state index in [-0.39, 0.29) is 0 Å². The Hall–Kier alpha value is 0.01000. The van der Waals surface area contributed by atoms with Crippen LogP contribution in [0.3, 0.4) is 0 Å². The maximum atomic E-state index is 2.31. The summed E-state index contributed by atoms with van der Waals surface area (Å²) in [6, 6.07) is 2.15. The van der Waals surface area contributed by atoms with Crippen LogP contribution in [0.5, 0.6) is 0 Å². The highest BCUT2D eigenvalue weighted by Gasteiger charge is 1.91. The van der Waals surface area contributed by atoms with Crippen molar-refractivity contribution in [3.05, 3.63) is 21.5 Å². The Morgan fingerprint density at radius 1 is 1.62 bits per heavy atom. The minimum Gasteiger partial charge on any atom is -0.346 e. The van der Waals surface area contributed by atoms with Gasteiger partial charge in [0, 0.05) is 13.2 Å². The number of halogens is 1. The van der Waals surface area contributed by atoms with Crippen LogP contribution in [0.4, 0.5) is 0 Å². The van der Waals surface area contributed by atoms with Gasteiger partial charge in [0.25, 0.3) is 0 Å². The molecule has 0 unspecified atom stereocenters. The van der Waals surface area contributed by atoms with Gasteiger partial charge in [0.05, 0.1) is 3.70 Å². The summed E-state index contributed by atoms with van der Waals surface area (Å²) >= 11 is 2.31. The molecule has 1 aromatic heterocycles. The fraction of sp³-hybridized carbons (Fsp3) is 0.333. The van der Waals surface area contributed by atoms with E-state index in [4.69, 9.17) is 0 Å². The smallest absolute Gasteiger partial charge is 0.0798 e. The number of rotatable bonds is 0. The summed E-state index contributed by atoms with van der Waals surface area (Å²) in [4.78, 5) is 0. The van der Waals surface area contributed by atoms with E-state index >= 15 is 0 Å². The van der Waals surface area contributed by atoms with Crippen LogP contribution in [-0.4, -0.2) is 4.57 Å². The first-order chi connectivity index (χ1) is 3.70. The summed E-state index contributed by atoms with van der Waals surface area (Å²) < 4.78 is 3.40. The first-order valence-electron chi connectivity index (χ1n) is 2.48. The van der Waals surface area contributed by atoms with E-state index in [1.807, 2.05) is 0 Å². The zero-order valence-electron chi connectivity index (χ0n) is 4.98. The van der Waals surface area contributed by atoms with Gasteiger partial charge in [-0.1, -0.05) is 0 Å². The molecule has 0 spiro atoms. The van der Waals surface area contributed by atoms with Crippen molar-refractivity contribution in [3.63, 3.8) is 0 Å². The molecular weight excluding hydrogens is 213 g/mol. The fourth-order valence-corrected chi connectivity index (χ4v) is 1.32. The second kappa shape index (κ2) is 2.09. The lowest BCUT2D eigenvalue weighted by molar-refractivity contribution is 0.897. The molecule has 1 nitrogen and oxygen atoms in total. The van der Waals surface area contributed by atoms with Crippen LogP contribution in [0.25, 0.3) is 0 Å². The molecule has 0 saturated carbocycles. The fourth-order valence-electron chi connectivity index (χ4n) is 0.694. The van der Waals surface area contributed by atoms with Gasteiger partial charge in [-0.2, -0.15) is 0 Å². The van der Waals surface area contributed by atoms with Crippen molar-refractivity contribution in [2.24, 2.45) is 7.05 Å². The minimum atomic E-state index is 1.29. The SMILES string of the molecule is Cc1cc(I)n(C)c1. The van der Waals surface area contributed by atoms with Crippen LogP contribution in [0.1, 0.15) is 5.56 Å². The van der Waals surface area contributed by atoms with Crippen LogP contribution < -0.4 is 0 Å². The molecule has 0 N–H and O–H groups in total. The van der Waals surface area contributed by atoms with Crippen molar-refractivity contribution < 1.29 is 0 Å². The van der Waals surface area contributed by atoms with Crippen LogP contribution in [0.2, 0.25) is 0 Å². The first kappa shape index (κ1) is 6.13. The van der Waals surface area contributed by atoms with Crippen LogP contribution in [-0.2, 0) is 7.05 Å². The number of nitrogens with zero attached hydrogens (tertiary/aromatic N) is 1.